The molecule has 0 heterocycles. The van der Waals surface area contributed by atoms with E-state index in [2.05, 4.69) is 0 Å². The van der Waals surface area contributed by atoms with Crippen molar-refractivity contribution in [1.29, 1.82) is 0 Å². The van der Waals surface area contributed by atoms with E-state index in [1.54, 1.807) is 6.07 Å². The van der Waals surface area contributed by atoms with E-state index in [0.717, 1.165) is 0 Å². The molecule has 0 aliphatic carbocycles. The van der Waals surface area contributed by atoms with Crippen LogP contribution in [0, 0.1) is 0 Å². The third-order valence-corrected chi connectivity index (χ3v) is 3.37. The summed E-state index contributed by atoms with van der Waals surface area (Å²) in [5, 5.41) is 5.09. The number of hydrogen-bond donors (Lipinski definition) is 1. The standard InChI is InChI=1S/C12H17NO6S/c1-17-5-6-19-12(14)8-9-3-4-10(18-2)11(7-9)20(13,15)16/h3-4,7H,5-6,8H2,1-2H3,(H2,13,15,16). The van der Waals surface area contributed by atoms with E-state index in [-0.39, 0.29) is 23.7 Å². The Bertz CT molecular complexity index is 569. The molecule has 1 aromatic carbocycles. The first kappa shape index (κ1) is 16.4. The molecule has 0 atom stereocenters. The third-order valence-electron chi connectivity index (χ3n) is 2.43. The number of esters is 1. The number of nitrogens with two attached hydrogens (primary N) is 1. The second kappa shape index (κ2) is 7.22. The Hall–Kier alpha value is -1.64. The minimum Gasteiger partial charge on any atom is -0.495 e. The van der Waals surface area contributed by atoms with Gasteiger partial charge in [0.15, 0.2) is 0 Å². The summed E-state index contributed by atoms with van der Waals surface area (Å²) in [4.78, 5) is 11.3. The van der Waals surface area contributed by atoms with Gasteiger partial charge >= 0.3 is 5.97 Å². The van der Waals surface area contributed by atoms with Crippen LogP contribution in [0.5, 0.6) is 5.75 Å². The Morgan fingerprint density at radius 3 is 2.50 bits per heavy atom. The van der Waals surface area contributed by atoms with Crippen LogP contribution in [-0.2, 0) is 30.7 Å². The molecule has 0 aliphatic heterocycles. The lowest BCUT2D eigenvalue weighted by atomic mass is 10.1. The highest BCUT2D eigenvalue weighted by molar-refractivity contribution is 7.89. The zero-order valence-electron chi connectivity index (χ0n) is 11.3. The first-order valence-corrected chi connectivity index (χ1v) is 7.27. The normalized spacial score (nSPS) is 11.2. The molecule has 0 fully saturated rings. The molecule has 0 saturated carbocycles. The van der Waals surface area contributed by atoms with E-state index in [1.807, 2.05) is 0 Å². The van der Waals surface area contributed by atoms with Gasteiger partial charge in [-0.3, -0.25) is 4.79 Å². The summed E-state index contributed by atoms with van der Waals surface area (Å²) in [5.41, 5.74) is 0.470. The minimum atomic E-state index is -3.92. The van der Waals surface area contributed by atoms with Crippen molar-refractivity contribution in [3.63, 3.8) is 0 Å². The molecule has 1 rings (SSSR count). The quantitative estimate of drug-likeness (QED) is 0.565. The SMILES string of the molecule is COCCOC(=O)Cc1ccc(OC)c(S(N)(=O)=O)c1. The molecular weight excluding hydrogens is 286 g/mol. The van der Waals surface area contributed by atoms with Crippen molar-refractivity contribution in [3.05, 3.63) is 23.8 Å². The van der Waals surface area contributed by atoms with Gasteiger partial charge in [-0.25, -0.2) is 13.6 Å². The van der Waals surface area contributed by atoms with E-state index >= 15 is 0 Å². The lowest BCUT2D eigenvalue weighted by Gasteiger charge is -2.09. The fourth-order valence-electron chi connectivity index (χ4n) is 1.51. The number of methoxy groups -OCH3 is 2. The molecule has 0 aliphatic rings. The maximum Gasteiger partial charge on any atom is 0.310 e. The van der Waals surface area contributed by atoms with Crippen molar-refractivity contribution >= 4 is 16.0 Å². The topological polar surface area (TPSA) is 105 Å². The number of hydrogen-bond acceptors (Lipinski definition) is 6. The predicted octanol–water partition coefficient (Wildman–Crippen LogP) is 0.0747. The first-order valence-electron chi connectivity index (χ1n) is 5.72. The average Bonchev–Trinajstić information content (AvgIpc) is 2.38. The summed E-state index contributed by atoms with van der Waals surface area (Å²) in [7, 11) is -1.09. The number of carbonyl (C=O) groups is 1. The Kier molecular flexibility index (Phi) is 5.93. The smallest absolute Gasteiger partial charge is 0.310 e. The van der Waals surface area contributed by atoms with Gasteiger partial charge in [0.1, 0.15) is 17.3 Å². The number of carbonyl (C=O) groups excluding carboxylic acids is 1. The van der Waals surface area contributed by atoms with Crippen LogP contribution < -0.4 is 9.88 Å². The van der Waals surface area contributed by atoms with E-state index in [9.17, 15) is 13.2 Å². The van der Waals surface area contributed by atoms with Crippen LogP contribution >= 0.6 is 0 Å². The summed E-state index contributed by atoms with van der Waals surface area (Å²) < 4.78 is 37.4. The maximum atomic E-state index is 11.5. The Morgan fingerprint density at radius 2 is 1.95 bits per heavy atom. The van der Waals surface area contributed by atoms with E-state index in [1.165, 1.54) is 26.4 Å². The Balaban J connectivity index is 2.85. The molecular formula is C12H17NO6S. The molecule has 0 unspecified atom stereocenters. The number of sulfonamides is 1. The second-order valence-corrected chi connectivity index (χ2v) is 5.45. The number of primary sulfonamides is 1. The highest BCUT2D eigenvalue weighted by Crippen LogP contribution is 2.24. The molecule has 0 spiro atoms. The molecule has 0 aromatic heterocycles. The first-order chi connectivity index (χ1) is 9.38. The molecule has 0 saturated heterocycles. The summed E-state index contributed by atoms with van der Waals surface area (Å²) >= 11 is 0. The van der Waals surface area contributed by atoms with Crippen molar-refractivity contribution in [2.75, 3.05) is 27.4 Å². The van der Waals surface area contributed by atoms with Gasteiger partial charge in [-0.05, 0) is 17.7 Å². The van der Waals surface area contributed by atoms with Gasteiger partial charge < -0.3 is 14.2 Å². The third kappa shape index (κ3) is 4.80. The van der Waals surface area contributed by atoms with Crippen LogP contribution in [0.4, 0.5) is 0 Å². The maximum absolute atomic E-state index is 11.5. The van der Waals surface area contributed by atoms with Crippen molar-refractivity contribution in [2.24, 2.45) is 5.14 Å². The molecule has 2 N–H and O–H groups in total. The van der Waals surface area contributed by atoms with Crippen LogP contribution in [0.25, 0.3) is 0 Å². The van der Waals surface area contributed by atoms with Crippen LogP contribution in [0.2, 0.25) is 0 Å². The molecule has 7 nitrogen and oxygen atoms in total. The molecule has 1 aromatic rings. The lowest BCUT2D eigenvalue weighted by molar-refractivity contribution is -0.144. The summed E-state index contributed by atoms with van der Waals surface area (Å²) in [5.74, 6) is -0.350. The zero-order valence-corrected chi connectivity index (χ0v) is 12.1. The Labute approximate surface area is 117 Å². The van der Waals surface area contributed by atoms with Crippen molar-refractivity contribution < 1.29 is 27.4 Å². The second-order valence-electron chi connectivity index (χ2n) is 3.92. The Morgan fingerprint density at radius 1 is 1.25 bits per heavy atom. The highest BCUT2D eigenvalue weighted by atomic mass is 32.2. The highest BCUT2D eigenvalue weighted by Gasteiger charge is 2.16. The number of benzene rings is 1. The van der Waals surface area contributed by atoms with Crippen LogP contribution in [0.15, 0.2) is 23.1 Å². The van der Waals surface area contributed by atoms with Gasteiger partial charge in [-0.15, -0.1) is 0 Å². The van der Waals surface area contributed by atoms with Gasteiger partial charge in [-0.1, -0.05) is 6.07 Å². The van der Waals surface area contributed by atoms with Gasteiger partial charge in [0.25, 0.3) is 0 Å². The molecule has 0 radical (unpaired) electrons. The van der Waals surface area contributed by atoms with Gasteiger partial charge in [-0.2, -0.15) is 0 Å². The molecule has 112 valence electrons. The van der Waals surface area contributed by atoms with Crippen molar-refractivity contribution in [3.8, 4) is 5.75 Å². The fourth-order valence-corrected chi connectivity index (χ4v) is 2.26. The van der Waals surface area contributed by atoms with Gasteiger partial charge in [0.2, 0.25) is 10.0 Å². The monoisotopic (exact) mass is 303 g/mol. The van der Waals surface area contributed by atoms with E-state index < -0.39 is 16.0 Å². The average molecular weight is 303 g/mol. The molecule has 0 amide bonds. The van der Waals surface area contributed by atoms with Crippen LogP contribution in [0.3, 0.4) is 0 Å². The molecule has 8 heteroatoms. The summed E-state index contributed by atoms with van der Waals surface area (Å²) in [6.07, 6.45) is -0.0593. The fraction of sp³-hybridized carbons (Fsp3) is 0.417. The summed E-state index contributed by atoms with van der Waals surface area (Å²) in [6.45, 7) is 0.449. The molecule has 0 bridgehead atoms. The van der Waals surface area contributed by atoms with Crippen LogP contribution in [0.1, 0.15) is 5.56 Å². The van der Waals surface area contributed by atoms with Crippen molar-refractivity contribution in [1.82, 2.24) is 0 Å². The van der Waals surface area contributed by atoms with Crippen LogP contribution in [-0.4, -0.2) is 41.8 Å². The zero-order chi connectivity index (χ0) is 15.2. The van der Waals surface area contributed by atoms with Crippen molar-refractivity contribution in [2.45, 2.75) is 11.3 Å². The van der Waals surface area contributed by atoms with E-state index in [0.29, 0.717) is 12.2 Å². The largest absolute Gasteiger partial charge is 0.495 e. The minimum absolute atomic E-state index is 0.0593. The lowest BCUT2D eigenvalue weighted by Crippen LogP contribution is -2.15. The van der Waals surface area contributed by atoms with Gasteiger partial charge in [0.05, 0.1) is 20.1 Å². The number of rotatable bonds is 7. The predicted molar refractivity (Wildman–Crippen MR) is 70.9 cm³/mol. The van der Waals surface area contributed by atoms with E-state index in [4.69, 9.17) is 19.3 Å². The molecule has 20 heavy (non-hydrogen) atoms. The summed E-state index contributed by atoms with van der Waals surface area (Å²) in [6, 6.07) is 4.31. The van der Waals surface area contributed by atoms with Gasteiger partial charge in [0, 0.05) is 7.11 Å². The number of ether oxygens (including phenoxy) is 3.